The Morgan fingerprint density at radius 1 is 0.870 bits per heavy atom. The van der Waals surface area contributed by atoms with E-state index in [0.717, 1.165) is 5.56 Å². The monoisotopic (exact) mass is 630 g/mol. The summed E-state index contributed by atoms with van der Waals surface area (Å²) in [4.78, 5) is 48.2. The molecule has 46 heavy (non-hydrogen) atoms. The number of hydrogen-bond donors (Lipinski definition) is 0. The second-order valence-corrected chi connectivity index (χ2v) is 10.7. The van der Waals surface area contributed by atoms with Gasteiger partial charge in [0.25, 0.3) is 0 Å². The van der Waals surface area contributed by atoms with Crippen molar-refractivity contribution in [2.45, 2.75) is 38.3 Å². The average molecular weight is 631 g/mol. The van der Waals surface area contributed by atoms with Crippen molar-refractivity contribution >= 4 is 18.0 Å². The predicted octanol–water partition coefficient (Wildman–Crippen LogP) is 4.72. The Morgan fingerprint density at radius 3 is 2.35 bits per heavy atom. The third-order valence-electron chi connectivity index (χ3n) is 7.21. The molecule has 16 heteroatoms. The van der Waals surface area contributed by atoms with Crippen LogP contribution in [-0.4, -0.2) is 68.8 Å². The molecular weight excluding hydrogens is 604 g/mol. The molecule has 2 aliphatic heterocycles. The molecule has 0 radical (unpaired) electrons. The Labute approximate surface area is 260 Å². The predicted molar refractivity (Wildman–Crippen MR) is 152 cm³/mol. The zero-order valence-electron chi connectivity index (χ0n) is 24.7. The Kier molecular flexibility index (Phi) is 7.32. The van der Waals surface area contributed by atoms with Gasteiger partial charge in [-0.3, -0.25) is 4.90 Å². The van der Waals surface area contributed by atoms with Crippen LogP contribution in [0.4, 0.5) is 4.79 Å². The van der Waals surface area contributed by atoms with E-state index in [-0.39, 0.29) is 60.7 Å². The number of ether oxygens (including phenoxy) is 4. The summed E-state index contributed by atoms with van der Waals surface area (Å²) < 4.78 is 44.1. The average Bonchev–Trinajstić information content (AvgIpc) is 3.90. The van der Waals surface area contributed by atoms with Gasteiger partial charge in [-0.1, -0.05) is 30.3 Å². The molecule has 0 bridgehead atoms. The first kappa shape index (κ1) is 29.0. The Hall–Kier alpha value is -5.77. The first-order chi connectivity index (χ1) is 22.3. The molecule has 1 aromatic carbocycles. The number of esters is 1. The van der Waals surface area contributed by atoms with Crippen LogP contribution in [0.5, 0.6) is 0 Å². The van der Waals surface area contributed by atoms with Gasteiger partial charge in [-0.2, -0.15) is 0 Å². The highest BCUT2D eigenvalue weighted by atomic mass is 16.6. The molecular formula is C30H26N6O10. The third-order valence-corrected chi connectivity index (χ3v) is 7.21. The van der Waals surface area contributed by atoms with Gasteiger partial charge in [0, 0.05) is 0 Å². The van der Waals surface area contributed by atoms with Crippen molar-refractivity contribution < 1.29 is 46.2 Å². The summed E-state index contributed by atoms with van der Waals surface area (Å²) >= 11 is 0. The molecule has 236 valence electrons. The van der Waals surface area contributed by atoms with Gasteiger partial charge in [-0.05, 0) is 19.4 Å². The highest BCUT2D eigenvalue weighted by molar-refractivity contribution is 5.93. The second-order valence-electron chi connectivity index (χ2n) is 10.7. The number of nitrogens with zero attached hydrogens (tertiary/aromatic N) is 6. The van der Waals surface area contributed by atoms with Gasteiger partial charge in [0.05, 0.1) is 13.7 Å². The number of hydrogen-bond acceptors (Lipinski definition) is 15. The van der Waals surface area contributed by atoms with Crippen LogP contribution in [0.25, 0.3) is 23.2 Å². The number of amides is 1. The lowest BCUT2D eigenvalue weighted by Crippen LogP contribution is -2.45. The summed E-state index contributed by atoms with van der Waals surface area (Å²) in [5, 5.41) is 0. The van der Waals surface area contributed by atoms with Crippen LogP contribution in [0, 0.1) is 0 Å². The van der Waals surface area contributed by atoms with Crippen molar-refractivity contribution in [3.63, 3.8) is 0 Å². The standard InChI is InChI=1S/C30H26N6O10/c1-30(2)36(29(38)45-9-16-7-5-4-6-8-16)22(15-46-30)27-34-20(13-44-27)25-32-18(11-42-25)23-31-17(10-40-23)24-33-19(12-41-24)26-35-21(14-43-26)28(37)39-3/h4-8,10-11,13-14,19,22H,9,12,15H2,1-3H3/t19-,22-/m0/s1. The molecule has 0 saturated carbocycles. The maximum Gasteiger partial charge on any atom is 0.413 e. The van der Waals surface area contributed by atoms with Crippen LogP contribution < -0.4 is 0 Å². The summed E-state index contributed by atoms with van der Waals surface area (Å²) in [6.45, 7) is 3.92. The summed E-state index contributed by atoms with van der Waals surface area (Å²) in [5.74, 6) is 0.298. The van der Waals surface area contributed by atoms with Crippen LogP contribution in [0.15, 0.2) is 78.0 Å². The second kappa shape index (κ2) is 11.6. The van der Waals surface area contributed by atoms with Gasteiger partial charge in [0.2, 0.25) is 29.5 Å². The van der Waals surface area contributed by atoms with E-state index in [9.17, 15) is 9.59 Å². The van der Waals surface area contributed by atoms with Crippen LogP contribution in [-0.2, 0) is 25.6 Å². The fourth-order valence-corrected chi connectivity index (χ4v) is 4.92. The minimum absolute atomic E-state index is 0.0324. The molecule has 1 saturated heterocycles. The highest BCUT2D eigenvalue weighted by Crippen LogP contribution is 2.38. The first-order valence-electron chi connectivity index (χ1n) is 14.0. The number of carbonyl (C=O) groups excluding carboxylic acids is 2. The molecule has 0 N–H and O–H groups in total. The van der Waals surface area contributed by atoms with E-state index in [1.165, 1.54) is 37.1 Å². The molecule has 2 atom stereocenters. The SMILES string of the molecule is COC(=O)c1coc([C@@H]2COC(c3coc(-c4coc(-c5coc([C@@H]6COC(C)(C)N6C(=O)OCc6ccccc6)n5)n4)n3)=N2)n1. The Bertz CT molecular complexity index is 1900. The van der Waals surface area contributed by atoms with Gasteiger partial charge in [-0.15, -0.1) is 0 Å². The van der Waals surface area contributed by atoms with E-state index < -0.39 is 29.9 Å². The fourth-order valence-electron chi connectivity index (χ4n) is 4.92. The van der Waals surface area contributed by atoms with Crippen LogP contribution >= 0.6 is 0 Å². The number of rotatable bonds is 8. The topological polar surface area (TPSA) is 191 Å². The quantitative estimate of drug-likeness (QED) is 0.214. The van der Waals surface area contributed by atoms with Crippen LogP contribution in [0.3, 0.4) is 0 Å². The molecule has 16 nitrogen and oxygen atoms in total. The summed E-state index contributed by atoms with van der Waals surface area (Å²) in [7, 11) is 1.25. The molecule has 0 unspecified atom stereocenters. The van der Waals surface area contributed by atoms with Crippen LogP contribution in [0.2, 0.25) is 0 Å². The van der Waals surface area contributed by atoms with Crippen molar-refractivity contribution in [2.75, 3.05) is 20.3 Å². The summed E-state index contributed by atoms with van der Waals surface area (Å²) in [6.07, 6.45) is 4.72. The maximum absolute atomic E-state index is 13.1. The van der Waals surface area contributed by atoms with Crippen molar-refractivity contribution in [3.8, 4) is 23.2 Å². The molecule has 6 heterocycles. The van der Waals surface area contributed by atoms with Gasteiger partial charge in [0.15, 0.2) is 28.8 Å². The van der Waals surface area contributed by atoms with Crippen molar-refractivity contribution in [1.29, 1.82) is 0 Å². The van der Waals surface area contributed by atoms with E-state index in [1.807, 2.05) is 30.3 Å². The van der Waals surface area contributed by atoms with E-state index >= 15 is 0 Å². The smallest absolute Gasteiger partial charge is 0.413 e. The Morgan fingerprint density at radius 2 is 1.57 bits per heavy atom. The Balaban J connectivity index is 1.04. The van der Waals surface area contributed by atoms with E-state index in [4.69, 9.17) is 31.9 Å². The molecule has 1 amide bonds. The van der Waals surface area contributed by atoms with Gasteiger partial charge in [-0.25, -0.2) is 34.5 Å². The lowest BCUT2D eigenvalue weighted by Gasteiger charge is -2.31. The number of methoxy groups -OCH3 is 1. The number of benzene rings is 1. The highest BCUT2D eigenvalue weighted by Gasteiger charge is 2.47. The minimum atomic E-state index is -0.959. The lowest BCUT2D eigenvalue weighted by molar-refractivity contribution is -0.0500. The fraction of sp³-hybridized carbons (Fsp3) is 0.300. The number of carbonyl (C=O) groups is 2. The molecule has 1 fully saturated rings. The first-order valence-corrected chi connectivity index (χ1v) is 14.0. The summed E-state index contributed by atoms with van der Waals surface area (Å²) in [6, 6.07) is 8.16. The van der Waals surface area contributed by atoms with Gasteiger partial charge in [0.1, 0.15) is 50.0 Å². The molecule has 0 spiro atoms. The zero-order chi connectivity index (χ0) is 31.8. The van der Waals surface area contributed by atoms with Gasteiger partial charge >= 0.3 is 12.1 Å². The third kappa shape index (κ3) is 5.49. The number of aliphatic imine (C=N–C) groups is 1. The largest absolute Gasteiger partial charge is 0.473 e. The summed E-state index contributed by atoms with van der Waals surface area (Å²) in [5.41, 5.74) is 0.821. The molecule has 4 aromatic heterocycles. The maximum atomic E-state index is 13.1. The van der Waals surface area contributed by atoms with E-state index in [2.05, 4.69) is 29.7 Å². The zero-order valence-corrected chi connectivity index (χ0v) is 24.7. The normalized spacial score (nSPS) is 18.8. The van der Waals surface area contributed by atoms with Gasteiger partial charge < -0.3 is 36.6 Å². The lowest BCUT2D eigenvalue weighted by atomic mass is 10.2. The number of aromatic nitrogens is 4. The molecule has 7 rings (SSSR count). The minimum Gasteiger partial charge on any atom is -0.473 e. The van der Waals surface area contributed by atoms with E-state index in [0.29, 0.717) is 11.4 Å². The van der Waals surface area contributed by atoms with Crippen LogP contribution in [0.1, 0.15) is 59.5 Å². The molecule has 0 aliphatic carbocycles. The number of oxazole rings is 4. The van der Waals surface area contributed by atoms with Crippen molar-refractivity contribution in [2.24, 2.45) is 4.99 Å². The molecule has 5 aromatic rings. The van der Waals surface area contributed by atoms with Crippen molar-refractivity contribution in [3.05, 3.63) is 84.1 Å². The van der Waals surface area contributed by atoms with Crippen molar-refractivity contribution in [1.82, 2.24) is 24.8 Å². The molecule has 2 aliphatic rings. The van der Waals surface area contributed by atoms with E-state index in [1.54, 1.807) is 13.8 Å².